The first kappa shape index (κ1) is 19.5. The highest BCUT2D eigenvalue weighted by atomic mass is 16.5. The molecule has 8 heteroatoms. The van der Waals surface area contributed by atoms with Crippen molar-refractivity contribution in [3.8, 4) is 0 Å². The SMILES string of the molecule is CC[C@H](C)[C@H](C(=O)O[C@H](C)C(=O)Nc1ncnc2nc[nH]c12)c1ccccc1. The number of ether oxygens (including phenoxy) is 1. The summed E-state index contributed by atoms with van der Waals surface area (Å²) in [7, 11) is 0. The van der Waals surface area contributed by atoms with Crippen molar-refractivity contribution in [1.29, 1.82) is 0 Å². The minimum absolute atomic E-state index is 0.0802. The number of nitrogens with zero attached hydrogens (tertiary/aromatic N) is 3. The maximum Gasteiger partial charge on any atom is 0.314 e. The van der Waals surface area contributed by atoms with Gasteiger partial charge in [-0.15, -0.1) is 0 Å². The second-order valence-corrected chi connectivity index (χ2v) is 6.67. The molecule has 1 aromatic carbocycles. The number of benzene rings is 1. The fraction of sp³-hybridized carbons (Fsp3) is 0.350. The second kappa shape index (κ2) is 8.60. The van der Waals surface area contributed by atoms with Crippen molar-refractivity contribution in [3.63, 3.8) is 0 Å². The largest absolute Gasteiger partial charge is 0.452 e. The zero-order chi connectivity index (χ0) is 20.1. The molecule has 28 heavy (non-hydrogen) atoms. The van der Waals surface area contributed by atoms with E-state index in [1.165, 1.54) is 19.6 Å². The molecule has 0 saturated heterocycles. The van der Waals surface area contributed by atoms with Gasteiger partial charge >= 0.3 is 5.97 Å². The van der Waals surface area contributed by atoms with Crippen LogP contribution in [-0.2, 0) is 14.3 Å². The summed E-state index contributed by atoms with van der Waals surface area (Å²) >= 11 is 0. The zero-order valence-electron chi connectivity index (χ0n) is 16.0. The number of rotatable bonds is 7. The fourth-order valence-corrected chi connectivity index (χ4v) is 2.97. The van der Waals surface area contributed by atoms with Crippen molar-refractivity contribution >= 4 is 28.9 Å². The monoisotopic (exact) mass is 381 g/mol. The number of aromatic amines is 1. The van der Waals surface area contributed by atoms with E-state index in [1.807, 2.05) is 44.2 Å². The first-order chi connectivity index (χ1) is 13.5. The minimum atomic E-state index is -0.976. The Hall–Kier alpha value is -3.29. The maximum atomic E-state index is 12.8. The van der Waals surface area contributed by atoms with E-state index in [4.69, 9.17) is 4.74 Å². The summed E-state index contributed by atoms with van der Waals surface area (Å²) in [6.07, 6.45) is 2.61. The molecule has 0 bridgehead atoms. The quantitative estimate of drug-likeness (QED) is 0.609. The minimum Gasteiger partial charge on any atom is -0.452 e. The van der Waals surface area contributed by atoms with Crippen LogP contribution in [0.15, 0.2) is 43.0 Å². The number of anilines is 1. The molecule has 0 aliphatic rings. The van der Waals surface area contributed by atoms with Gasteiger partial charge < -0.3 is 15.0 Å². The molecule has 0 unspecified atom stereocenters. The number of aromatic nitrogens is 4. The number of carbonyl (C=O) groups is 2. The van der Waals surface area contributed by atoms with Crippen LogP contribution in [-0.4, -0.2) is 37.9 Å². The summed E-state index contributed by atoms with van der Waals surface area (Å²) in [5.74, 6) is -0.954. The van der Waals surface area contributed by atoms with Crippen molar-refractivity contribution in [3.05, 3.63) is 48.5 Å². The van der Waals surface area contributed by atoms with Crippen molar-refractivity contribution in [2.24, 2.45) is 5.92 Å². The van der Waals surface area contributed by atoms with Crippen molar-refractivity contribution in [2.45, 2.75) is 39.2 Å². The van der Waals surface area contributed by atoms with Gasteiger partial charge in [-0.25, -0.2) is 15.0 Å². The molecular formula is C20H23N5O3. The van der Waals surface area contributed by atoms with E-state index in [0.717, 1.165) is 12.0 Å². The molecule has 146 valence electrons. The van der Waals surface area contributed by atoms with Gasteiger partial charge in [-0.2, -0.15) is 0 Å². The van der Waals surface area contributed by atoms with E-state index < -0.39 is 23.9 Å². The van der Waals surface area contributed by atoms with Crippen LogP contribution in [0, 0.1) is 5.92 Å². The summed E-state index contributed by atoms with van der Waals surface area (Å²) in [6.45, 7) is 5.56. The molecule has 2 N–H and O–H groups in total. The molecule has 2 aromatic heterocycles. The lowest BCUT2D eigenvalue weighted by Crippen LogP contribution is -2.33. The van der Waals surface area contributed by atoms with Crippen LogP contribution in [0.4, 0.5) is 5.82 Å². The maximum absolute atomic E-state index is 12.8. The summed E-state index contributed by atoms with van der Waals surface area (Å²) in [5, 5.41) is 2.66. The zero-order valence-corrected chi connectivity index (χ0v) is 16.0. The number of amides is 1. The molecule has 0 aliphatic heterocycles. The average Bonchev–Trinajstić information content (AvgIpc) is 3.18. The van der Waals surface area contributed by atoms with Gasteiger partial charge in [0, 0.05) is 0 Å². The Balaban J connectivity index is 1.71. The van der Waals surface area contributed by atoms with E-state index in [0.29, 0.717) is 11.2 Å². The predicted molar refractivity (Wildman–Crippen MR) is 105 cm³/mol. The number of hydrogen-bond donors (Lipinski definition) is 2. The van der Waals surface area contributed by atoms with E-state index in [1.54, 1.807) is 0 Å². The number of hydrogen-bond acceptors (Lipinski definition) is 6. The standard InChI is InChI=1S/C20H23N5O3/c1-4-12(2)15(14-8-6-5-7-9-14)20(27)28-13(3)19(26)25-18-16-17(22-10-21-16)23-11-24-18/h5-13,15H,4H2,1-3H3,(H2,21,22,23,24,25,26)/t12-,13+,15-/m0/s1. The molecule has 2 heterocycles. The van der Waals surface area contributed by atoms with Crippen molar-refractivity contribution in [2.75, 3.05) is 5.32 Å². The van der Waals surface area contributed by atoms with Crippen molar-refractivity contribution in [1.82, 2.24) is 19.9 Å². The highest BCUT2D eigenvalue weighted by Gasteiger charge is 2.30. The van der Waals surface area contributed by atoms with Crippen LogP contribution in [0.5, 0.6) is 0 Å². The molecule has 3 rings (SSSR count). The number of imidazole rings is 1. The first-order valence-corrected chi connectivity index (χ1v) is 9.21. The van der Waals surface area contributed by atoms with E-state index >= 15 is 0 Å². The van der Waals surface area contributed by atoms with Gasteiger partial charge in [0.25, 0.3) is 5.91 Å². The highest BCUT2D eigenvalue weighted by Crippen LogP contribution is 2.28. The smallest absolute Gasteiger partial charge is 0.314 e. The van der Waals surface area contributed by atoms with E-state index in [9.17, 15) is 9.59 Å². The number of H-pyrrole nitrogens is 1. The van der Waals surface area contributed by atoms with Crippen LogP contribution in [0.2, 0.25) is 0 Å². The van der Waals surface area contributed by atoms with Gasteiger partial charge in [0.1, 0.15) is 11.8 Å². The number of esters is 1. The molecule has 0 aliphatic carbocycles. The first-order valence-electron chi connectivity index (χ1n) is 9.21. The Bertz CT molecular complexity index is 957. The van der Waals surface area contributed by atoms with Crippen LogP contribution < -0.4 is 5.32 Å². The second-order valence-electron chi connectivity index (χ2n) is 6.67. The number of fused-ring (bicyclic) bond motifs is 1. The fourth-order valence-electron chi connectivity index (χ4n) is 2.97. The van der Waals surface area contributed by atoms with Crippen molar-refractivity contribution < 1.29 is 14.3 Å². The molecule has 0 spiro atoms. The summed E-state index contributed by atoms with van der Waals surface area (Å²) < 4.78 is 5.50. The third kappa shape index (κ3) is 4.16. The average molecular weight is 381 g/mol. The molecule has 3 atom stereocenters. The Kier molecular flexibility index (Phi) is 5.98. The van der Waals surface area contributed by atoms with E-state index in [-0.39, 0.29) is 11.7 Å². The third-order valence-electron chi connectivity index (χ3n) is 4.75. The summed E-state index contributed by atoms with van der Waals surface area (Å²) in [5.41, 5.74) is 1.83. The third-order valence-corrected chi connectivity index (χ3v) is 4.75. The lowest BCUT2D eigenvalue weighted by molar-refractivity contribution is -0.155. The highest BCUT2D eigenvalue weighted by molar-refractivity contribution is 5.99. The van der Waals surface area contributed by atoms with Crippen LogP contribution >= 0.6 is 0 Å². The lowest BCUT2D eigenvalue weighted by atomic mass is 9.85. The predicted octanol–water partition coefficient (Wildman–Crippen LogP) is 3.05. The molecule has 0 radical (unpaired) electrons. The van der Waals surface area contributed by atoms with E-state index in [2.05, 4.69) is 25.3 Å². The summed E-state index contributed by atoms with van der Waals surface area (Å²) in [6, 6.07) is 9.48. The Morgan fingerprint density at radius 3 is 2.61 bits per heavy atom. The Labute approximate surface area is 162 Å². The van der Waals surface area contributed by atoms with Gasteiger partial charge in [0.05, 0.1) is 12.2 Å². The molecule has 3 aromatic rings. The molecule has 0 saturated carbocycles. The lowest BCUT2D eigenvalue weighted by Gasteiger charge is -2.23. The van der Waals surface area contributed by atoms with Gasteiger partial charge in [0.15, 0.2) is 17.6 Å². The summed E-state index contributed by atoms with van der Waals surface area (Å²) in [4.78, 5) is 40.3. The molecular weight excluding hydrogens is 358 g/mol. The molecule has 8 nitrogen and oxygen atoms in total. The normalized spacial score (nSPS) is 14.2. The molecule has 0 fully saturated rings. The molecule has 1 amide bonds. The van der Waals surface area contributed by atoms with Crippen LogP contribution in [0.3, 0.4) is 0 Å². The van der Waals surface area contributed by atoms with Crippen LogP contribution in [0.1, 0.15) is 38.7 Å². The van der Waals surface area contributed by atoms with Crippen LogP contribution in [0.25, 0.3) is 11.2 Å². The Morgan fingerprint density at radius 2 is 1.89 bits per heavy atom. The Morgan fingerprint density at radius 1 is 1.14 bits per heavy atom. The van der Waals surface area contributed by atoms with Gasteiger partial charge in [0.2, 0.25) is 0 Å². The topological polar surface area (TPSA) is 110 Å². The number of nitrogens with one attached hydrogen (secondary N) is 2. The van der Waals surface area contributed by atoms with Gasteiger partial charge in [-0.1, -0.05) is 50.6 Å². The number of carbonyl (C=O) groups excluding carboxylic acids is 2. The van der Waals surface area contributed by atoms with Gasteiger partial charge in [-0.3, -0.25) is 9.59 Å². The van der Waals surface area contributed by atoms with Gasteiger partial charge in [-0.05, 0) is 18.4 Å².